The summed E-state index contributed by atoms with van der Waals surface area (Å²) in [5.41, 5.74) is 13.4. The van der Waals surface area contributed by atoms with Gasteiger partial charge in [0.2, 0.25) is 0 Å². The van der Waals surface area contributed by atoms with E-state index in [9.17, 15) is 0 Å². The minimum atomic E-state index is 0.642. The van der Waals surface area contributed by atoms with Crippen LogP contribution in [0.4, 0.5) is 0 Å². The molecule has 0 spiro atoms. The van der Waals surface area contributed by atoms with Crippen molar-refractivity contribution in [2.75, 3.05) is 0 Å². The standard InChI is InChI=1S/C43H31N5/c1-28-16-20-31(21-17-28)40-44-41(32-22-18-29(2)19-23-32)46-42(45-40)33-24-26-34(27-25-33)47-37-14-8-9-15-38(37)48-36-13-7-6-12-35(36)39(43(47)48)30-10-4-3-5-11-30/h3-27H,1-2H3. The molecule has 3 aromatic heterocycles. The maximum absolute atomic E-state index is 4.99. The molecule has 9 rings (SSSR count). The van der Waals surface area contributed by atoms with E-state index in [1.54, 1.807) is 0 Å². The summed E-state index contributed by atoms with van der Waals surface area (Å²) < 4.78 is 4.78. The monoisotopic (exact) mass is 617 g/mol. The van der Waals surface area contributed by atoms with Crippen molar-refractivity contribution in [3.8, 4) is 51.0 Å². The largest absolute Gasteiger partial charge is 0.293 e. The summed E-state index contributed by atoms with van der Waals surface area (Å²) in [5, 5.41) is 1.23. The Morgan fingerprint density at radius 2 is 0.854 bits per heavy atom. The fourth-order valence-corrected chi connectivity index (χ4v) is 6.72. The van der Waals surface area contributed by atoms with Crippen LogP contribution in [0.15, 0.2) is 152 Å². The zero-order valence-corrected chi connectivity index (χ0v) is 26.7. The summed E-state index contributed by atoms with van der Waals surface area (Å²) in [7, 11) is 0. The lowest BCUT2D eigenvalue weighted by atomic mass is 10.0. The third-order valence-electron chi connectivity index (χ3n) is 9.13. The van der Waals surface area contributed by atoms with Crippen LogP contribution in [-0.2, 0) is 0 Å². The lowest BCUT2D eigenvalue weighted by molar-refractivity contribution is 1.07. The average molecular weight is 618 g/mol. The van der Waals surface area contributed by atoms with Gasteiger partial charge in [0, 0.05) is 33.3 Å². The van der Waals surface area contributed by atoms with Gasteiger partial charge in [-0.1, -0.05) is 120 Å². The zero-order valence-electron chi connectivity index (χ0n) is 26.7. The van der Waals surface area contributed by atoms with Crippen molar-refractivity contribution in [1.82, 2.24) is 23.9 Å². The van der Waals surface area contributed by atoms with E-state index in [2.05, 4.69) is 174 Å². The van der Waals surface area contributed by atoms with E-state index in [4.69, 9.17) is 15.0 Å². The van der Waals surface area contributed by atoms with Crippen LogP contribution in [-0.4, -0.2) is 23.9 Å². The van der Waals surface area contributed by atoms with Gasteiger partial charge in [-0.25, -0.2) is 15.0 Å². The van der Waals surface area contributed by atoms with Gasteiger partial charge < -0.3 is 0 Å². The van der Waals surface area contributed by atoms with E-state index in [1.165, 1.54) is 33.2 Å². The first-order valence-electron chi connectivity index (χ1n) is 16.2. The van der Waals surface area contributed by atoms with Crippen LogP contribution in [0.3, 0.4) is 0 Å². The smallest absolute Gasteiger partial charge is 0.164 e. The molecule has 5 heteroatoms. The SMILES string of the molecule is Cc1ccc(-c2nc(-c3ccc(C)cc3)nc(-c3ccc(-n4c5ccccc5n5c6ccccc6c(-c6ccccc6)c45)cc3)n2)cc1. The molecule has 0 radical (unpaired) electrons. The molecule has 0 aliphatic heterocycles. The molecule has 0 N–H and O–H groups in total. The van der Waals surface area contributed by atoms with Gasteiger partial charge >= 0.3 is 0 Å². The quantitative estimate of drug-likeness (QED) is 0.193. The van der Waals surface area contributed by atoms with Crippen LogP contribution in [0.1, 0.15) is 11.1 Å². The third kappa shape index (κ3) is 4.59. The average Bonchev–Trinajstić information content (AvgIpc) is 3.65. The highest BCUT2D eigenvalue weighted by molar-refractivity contribution is 6.09. The molecule has 3 heterocycles. The van der Waals surface area contributed by atoms with E-state index in [0.29, 0.717) is 17.5 Å². The Labute approximate surface area is 278 Å². The second kappa shape index (κ2) is 11.2. The Balaban J connectivity index is 1.24. The molecule has 0 saturated carbocycles. The molecule has 0 bridgehead atoms. The van der Waals surface area contributed by atoms with Crippen molar-refractivity contribution < 1.29 is 0 Å². The van der Waals surface area contributed by atoms with E-state index in [-0.39, 0.29) is 0 Å². The Hall–Kier alpha value is -6.33. The molecule has 5 nitrogen and oxygen atoms in total. The lowest BCUT2D eigenvalue weighted by Crippen LogP contribution is -2.01. The highest BCUT2D eigenvalue weighted by Gasteiger charge is 2.22. The van der Waals surface area contributed by atoms with Crippen LogP contribution in [0.2, 0.25) is 0 Å². The van der Waals surface area contributed by atoms with Crippen molar-refractivity contribution in [1.29, 1.82) is 0 Å². The first-order chi connectivity index (χ1) is 23.6. The van der Waals surface area contributed by atoms with Crippen molar-refractivity contribution in [3.05, 3.63) is 163 Å². The molecule has 0 saturated heterocycles. The number of nitrogens with zero attached hydrogens (tertiary/aromatic N) is 5. The molecule has 228 valence electrons. The summed E-state index contributed by atoms with van der Waals surface area (Å²) in [6.45, 7) is 4.17. The highest BCUT2D eigenvalue weighted by Crippen LogP contribution is 2.40. The fraction of sp³-hybridized carbons (Fsp3) is 0.0465. The predicted molar refractivity (Wildman–Crippen MR) is 196 cm³/mol. The Morgan fingerprint density at radius 3 is 1.42 bits per heavy atom. The molecule has 6 aromatic carbocycles. The number of benzene rings is 6. The van der Waals surface area contributed by atoms with E-state index in [1.807, 2.05) is 0 Å². The Bertz CT molecular complexity index is 2530. The minimum absolute atomic E-state index is 0.642. The minimum Gasteiger partial charge on any atom is -0.293 e. The van der Waals surface area contributed by atoms with Crippen LogP contribution in [0, 0.1) is 13.8 Å². The molecule has 0 atom stereocenters. The van der Waals surface area contributed by atoms with Crippen LogP contribution >= 0.6 is 0 Å². The topological polar surface area (TPSA) is 48.0 Å². The number of aromatic nitrogens is 5. The molecular formula is C43H31N5. The molecule has 9 aromatic rings. The third-order valence-corrected chi connectivity index (χ3v) is 9.13. The highest BCUT2D eigenvalue weighted by atomic mass is 15.1. The zero-order chi connectivity index (χ0) is 32.2. The van der Waals surface area contributed by atoms with Gasteiger partial charge in [0.1, 0.15) is 5.65 Å². The van der Waals surface area contributed by atoms with Gasteiger partial charge in [-0.2, -0.15) is 0 Å². The number of imidazole rings is 1. The normalized spacial score (nSPS) is 11.5. The summed E-state index contributed by atoms with van der Waals surface area (Å²) in [6, 6.07) is 53.3. The van der Waals surface area contributed by atoms with Crippen molar-refractivity contribution in [2.24, 2.45) is 0 Å². The molecule has 0 unspecified atom stereocenters. The van der Waals surface area contributed by atoms with Crippen LogP contribution < -0.4 is 0 Å². The van der Waals surface area contributed by atoms with Gasteiger partial charge in [0.25, 0.3) is 0 Å². The lowest BCUT2D eigenvalue weighted by Gasteiger charge is -2.11. The van der Waals surface area contributed by atoms with Gasteiger partial charge in [-0.15, -0.1) is 0 Å². The number of hydrogen-bond donors (Lipinski definition) is 0. The number of aryl methyl sites for hydroxylation is 2. The molecule has 0 aliphatic rings. The molecule has 0 fully saturated rings. The second-order valence-corrected chi connectivity index (χ2v) is 12.3. The second-order valence-electron chi connectivity index (χ2n) is 12.3. The van der Waals surface area contributed by atoms with Gasteiger partial charge in [-0.3, -0.25) is 8.97 Å². The predicted octanol–water partition coefficient (Wildman–Crippen LogP) is 10.5. The van der Waals surface area contributed by atoms with Gasteiger partial charge in [0.15, 0.2) is 17.5 Å². The molecular weight excluding hydrogens is 587 g/mol. The van der Waals surface area contributed by atoms with Crippen molar-refractivity contribution >= 4 is 27.6 Å². The van der Waals surface area contributed by atoms with E-state index >= 15 is 0 Å². The van der Waals surface area contributed by atoms with E-state index in [0.717, 1.165) is 39.1 Å². The van der Waals surface area contributed by atoms with Crippen molar-refractivity contribution in [3.63, 3.8) is 0 Å². The number of para-hydroxylation sites is 3. The summed E-state index contributed by atoms with van der Waals surface area (Å²) in [5.74, 6) is 1.96. The summed E-state index contributed by atoms with van der Waals surface area (Å²) in [4.78, 5) is 14.9. The van der Waals surface area contributed by atoms with E-state index < -0.39 is 0 Å². The maximum Gasteiger partial charge on any atom is 0.164 e. The summed E-state index contributed by atoms with van der Waals surface area (Å²) >= 11 is 0. The van der Waals surface area contributed by atoms with Crippen LogP contribution in [0.25, 0.3) is 78.6 Å². The fourth-order valence-electron chi connectivity index (χ4n) is 6.72. The Morgan fingerprint density at radius 1 is 0.396 bits per heavy atom. The Kier molecular flexibility index (Phi) is 6.51. The van der Waals surface area contributed by atoms with Crippen LogP contribution in [0.5, 0.6) is 0 Å². The maximum atomic E-state index is 4.99. The molecule has 0 amide bonds. The number of rotatable bonds is 5. The number of hydrogen-bond acceptors (Lipinski definition) is 3. The molecule has 0 aliphatic carbocycles. The van der Waals surface area contributed by atoms with Gasteiger partial charge in [-0.05, 0) is 61.9 Å². The van der Waals surface area contributed by atoms with Gasteiger partial charge in [0.05, 0.1) is 16.6 Å². The summed E-state index contributed by atoms with van der Waals surface area (Å²) in [6.07, 6.45) is 0. The number of fused-ring (bicyclic) bond motifs is 5. The first-order valence-corrected chi connectivity index (χ1v) is 16.2. The van der Waals surface area contributed by atoms with Crippen molar-refractivity contribution in [2.45, 2.75) is 13.8 Å². The first kappa shape index (κ1) is 27.9. The molecule has 48 heavy (non-hydrogen) atoms.